The fraction of sp³-hybridized carbons (Fsp3) is 0.312. The van der Waals surface area contributed by atoms with Crippen molar-refractivity contribution in [1.82, 2.24) is 24.7 Å². The molecule has 0 saturated carbocycles. The minimum Gasteiger partial charge on any atom is -0.363 e. The number of piperidine rings is 1. The van der Waals surface area contributed by atoms with E-state index in [1.165, 1.54) is 6.26 Å². The van der Waals surface area contributed by atoms with E-state index in [9.17, 15) is 4.79 Å². The number of nitrogens with one attached hydrogen (secondary N) is 1. The number of carbonyl (C=O) groups is 1. The molecule has 4 heterocycles. The van der Waals surface area contributed by atoms with E-state index in [1.807, 2.05) is 16.8 Å². The van der Waals surface area contributed by atoms with Crippen molar-refractivity contribution in [1.29, 1.82) is 0 Å². The minimum absolute atomic E-state index is 0.0182. The molecule has 9 nitrogen and oxygen atoms in total. The summed E-state index contributed by atoms with van der Waals surface area (Å²) >= 11 is 0. The maximum absolute atomic E-state index is 12.3. The van der Waals surface area contributed by atoms with Gasteiger partial charge < -0.3 is 14.7 Å². The Balaban J connectivity index is 1.39. The monoisotopic (exact) mass is 339 g/mol. The fourth-order valence-corrected chi connectivity index (χ4v) is 2.92. The third-order valence-corrected chi connectivity index (χ3v) is 4.29. The lowest BCUT2D eigenvalue weighted by Gasteiger charge is -2.32. The number of amides is 1. The molecular formula is C16H17N7O2. The summed E-state index contributed by atoms with van der Waals surface area (Å²) in [7, 11) is 0. The summed E-state index contributed by atoms with van der Waals surface area (Å²) in [6.07, 6.45) is 9.75. The van der Waals surface area contributed by atoms with Crippen LogP contribution < -0.4 is 10.2 Å². The summed E-state index contributed by atoms with van der Waals surface area (Å²) in [4.78, 5) is 27.1. The van der Waals surface area contributed by atoms with E-state index in [-0.39, 0.29) is 11.8 Å². The highest BCUT2D eigenvalue weighted by Gasteiger charge is 2.26. The van der Waals surface area contributed by atoms with Crippen molar-refractivity contribution in [2.24, 2.45) is 5.92 Å². The van der Waals surface area contributed by atoms with Gasteiger partial charge in [-0.2, -0.15) is 0 Å². The quantitative estimate of drug-likeness (QED) is 0.768. The molecule has 9 heteroatoms. The average Bonchev–Trinajstić information content (AvgIpc) is 3.36. The Morgan fingerprint density at radius 3 is 2.80 bits per heavy atom. The van der Waals surface area contributed by atoms with Crippen molar-refractivity contribution in [3.63, 3.8) is 0 Å². The van der Waals surface area contributed by atoms with Crippen LogP contribution in [0, 0.1) is 5.92 Å². The van der Waals surface area contributed by atoms with E-state index < -0.39 is 0 Å². The summed E-state index contributed by atoms with van der Waals surface area (Å²) in [5.41, 5.74) is 0. The number of anilines is 2. The zero-order valence-electron chi connectivity index (χ0n) is 13.4. The molecule has 25 heavy (non-hydrogen) atoms. The van der Waals surface area contributed by atoms with Crippen LogP contribution in [0.3, 0.4) is 0 Å². The Hall–Kier alpha value is -3.23. The van der Waals surface area contributed by atoms with Crippen LogP contribution in [0.25, 0.3) is 5.82 Å². The van der Waals surface area contributed by atoms with Gasteiger partial charge in [0.25, 0.3) is 0 Å². The highest BCUT2D eigenvalue weighted by molar-refractivity contribution is 5.91. The number of hydrogen-bond donors (Lipinski definition) is 1. The van der Waals surface area contributed by atoms with Crippen molar-refractivity contribution in [3.8, 4) is 5.82 Å². The number of carbonyl (C=O) groups excluding carboxylic acids is 1. The van der Waals surface area contributed by atoms with Crippen LogP contribution in [-0.4, -0.2) is 43.7 Å². The Morgan fingerprint density at radius 2 is 2.08 bits per heavy atom. The van der Waals surface area contributed by atoms with Gasteiger partial charge >= 0.3 is 0 Å². The van der Waals surface area contributed by atoms with E-state index >= 15 is 0 Å². The van der Waals surface area contributed by atoms with Crippen LogP contribution in [0.4, 0.5) is 11.6 Å². The second-order valence-electron chi connectivity index (χ2n) is 5.84. The van der Waals surface area contributed by atoms with Crippen molar-refractivity contribution < 1.29 is 9.32 Å². The maximum Gasteiger partial charge on any atom is 0.228 e. The van der Waals surface area contributed by atoms with Gasteiger partial charge in [0.15, 0.2) is 5.82 Å². The number of imidazole rings is 1. The molecule has 128 valence electrons. The standard InChI is InChI=1S/C16H17N7O2/c24-16(20-13-3-8-25-21-13)12-1-5-22(6-2-12)14-9-15(19-10-18-14)23-7-4-17-11-23/h3-4,7-12H,1-2,5-6H2,(H,20,21,24). The molecule has 0 aromatic carbocycles. The zero-order valence-corrected chi connectivity index (χ0v) is 13.4. The van der Waals surface area contributed by atoms with Crippen molar-refractivity contribution in [2.45, 2.75) is 12.8 Å². The van der Waals surface area contributed by atoms with Crippen molar-refractivity contribution in [2.75, 3.05) is 23.3 Å². The molecule has 1 fully saturated rings. The Bertz CT molecular complexity index is 824. The number of nitrogens with zero attached hydrogens (tertiary/aromatic N) is 6. The van der Waals surface area contributed by atoms with Gasteiger partial charge in [0, 0.05) is 43.5 Å². The summed E-state index contributed by atoms with van der Waals surface area (Å²) in [6, 6.07) is 3.56. The average molecular weight is 339 g/mol. The molecule has 3 aromatic heterocycles. The summed E-state index contributed by atoms with van der Waals surface area (Å²) in [5, 5.41) is 6.48. The van der Waals surface area contributed by atoms with E-state index in [4.69, 9.17) is 4.52 Å². The molecule has 0 unspecified atom stereocenters. The van der Waals surface area contributed by atoms with Gasteiger partial charge in [-0.25, -0.2) is 15.0 Å². The first-order chi connectivity index (χ1) is 12.3. The first-order valence-electron chi connectivity index (χ1n) is 8.06. The SMILES string of the molecule is O=C(Nc1ccon1)C1CCN(c2cc(-n3ccnc3)ncn2)CC1. The lowest BCUT2D eigenvalue weighted by atomic mass is 9.96. The maximum atomic E-state index is 12.3. The number of aromatic nitrogens is 5. The zero-order chi connectivity index (χ0) is 17.1. The predicted molar refractivity (Wildman–Crippen MR) is 89.2 cm³/mol. The van der Waals surface area contributed by atoms with Gasteiger partial charge in [-0.15, -0.1) is 0 Å². The molecule has 1 N–H and O–H groups in total. The molecule has 3 aromatic rings. The number of hydrogen-bond acceptors (Lipinski definition) is 7. The summed E-state index contributed by atoms with van der Waals surface area (Å²) < 4.78 is 6.56. The highest BCUT2D eigenvalue weighted by atomic mass is 16.5. The largest absolute Gasteiger partial charge is 0.363 e. The van der Waals surface area contributed by atoms with Crippen LogP contribution in [-0.2, 0) is 4.79 Å². The van der Waals surface area contributed by atoms with Crippen molar-refractivity contribution >= 4 is 17.5 Å². The van der Waals surface area contributed by atoms with Gasteiger partial charge in [-0.1, -0.05) is 5.16 Å². The van der Waals surface area contributed by atoms with E-state index in [2.05, 4.69) is 30.3 Å². The molecule has 0 aliphatic carbocycles. The summed E-state index contributed by atoms with van der Waals surface area (Å²) in [6.45, 7) is 1.52. The lowest BCUT2D eigenvalue weighted by molar-refractivity contribution is -0.120. The Kier molecular flexibility index (Phi) is 4.11. The van der Waals surface area contributed by atoms with Crippen LogP contribution in [0.15, 0.2) is 48.0 Å². The van der Waals surface area contributed by atoms with Crippen LogP contribution in [0.1, 0.15) is 12.8 Å². The second-order valence-corrected chi connectivity index (χ2v) is 5.84. The summed E-state index contributed by atoms with van der Waals surface area (Å²) in [5.74, 6) is 2.02. The molecule has 0 spiro atoms. The van der Waals surface area contributed by atoms with E-state index in [0.717, 1.165) is 37.6 Å². The molecule has 1 saturated heterocycles. The predicted octanol–water partition coefficient (Wildman–Crippen LogP) is 1.51. The van der Waals surface area contributed by atoms with Crippen LogP contribution >= 0.6 is 0 Å². The van der Waals surface area contributed by atoms with E-state index in [0.29, 0.717) is 5.82 Å². The van der Waals surface area contributed by atoms with Gasteiger partial charge in [0.2, 0.25) is 5.91 Å². The van der Waals surface area contributed by atoms with E-state index in [1.54, 1.807) is 24.9 Å². The molecule has 1 amide bonds. The normalized spacial score (nSPS) is 15.3. The van der Waals surface area contributed by atoms with Gasteiger partial charge in [-0.3, -0.25) is 9.36 Å². The molecule has 1 aliphatic heterocycles. The molecular weight excluding hydrogens is 322 g/mol. The fourth-order valence-electron chi connectivity index (χ4n) is 2.92. The third kappa shape index (κ3) is 3.35. The molecule has 0 radical (unpaired) electrons. The second kappa shape index (κ2) is 6.71. The Labute approximate surface area is 143 Å². The van der Waals surface area contributed by atoms with Gasteiger partial charge in [-0.05, 0) is 12.8 Å². The smallest absolute Gasteiger partial charge is 0.228 e. The minimum atomic E-state index is -0.0390. The molecule has 4 rings (SSSR count). The topological polar surface area (TPSA) is 102 Å². The molecule has 0 atom stereocenters. The van der Waals surface area contributed by atoms with Gasteiger partial charge in [0.1, 0.15) is 30.6 Å². The first-order valence-corrected chi connectivity index (χ1v) is 8.06. The van der Waals surface area contributed by atoms with Crippen molar-refractivity contribution in [3.05, 3.63) is 43.4 Å². The number of rotatable bonds is 4. The van der Waals surface area contributed by atoms with Crippen LogP contribution in [0.2, 0.25) is 0 Å². The third-order valence-electron chi connectivity index (χ3n) is 4.29. The van der Waals surface area contributed by atoms with Crippen LogP contribution in [0.5, 0.6) is 0 Å². The highest BCUT2D eigenvalue weighted by Crippen LogP contribution is 2.23. The Morgan fingerprint density at radius 1 is 1.24 bits per heavy atom. The first kappa shape index (κ1) is 15.3. The van der Waals surface area contributed by atoms with Gasteiger partial charge in [0.05, 0.1) is 0 Å². The molecule has 0 bridgehead atoms. The molecule has 1 aliphatic rings. The lowest BCUT2D eigenvalue weighted by Crippen LogP contribution is -2.38.